The van der Waals surface area contributed by atoms with Gasteiger partial charge in [-0.05, 0) is 127 Å². The second kappa shape index (κ2) is 10.5. The third-order valence-corrected chi connectivity index (χ3v) is 15.2. The van der Waals surface area contributed by atoms with Crippen LogP contribution in [-0.4, -0.2) is 33.2 Å². The molecule has 7 nitrogen and oxygen atoms in total. The molecule has 1 aromatic carbocycles. The van der Waals surface area contributed by atoms with E-state index in [1.54, 1.807) is 24.3 Å². The summed E-state index contributed by atoms with van der Waals surface area (Å²) in [5.41, 5.74) is 1.70. The Morgan fingerprint density at radius 2 is 1.66 bits per heavy atom. The van der Waals surface area contributed by atoms with Crippen LogP contribution in [0.15, 0.2) is 46.5 Å². The predicted molar refractivity (Wildman–Crippen MR) is 181 cm³/mol. The van der Waals surface area contributed by atoms with Gasteiger partial charge in [-0.2, -0.15) is 0 Å². The van der Waals surface area contributed by atoms with E-state index in [0.717, 1.165) is 63.4 Å². The molecule has 9 atom stereocenters. The standard InChI is InChI=1S/C40H54N2O5/c1-35(2)31-12-15-40(7)33(38(31,5)14-13-32(35)45)30(44)21-27-28-22-37(4,17-16-36(28,3)18-19-39(27,40)6)34(46)41-23-26-20-29(42-47-26)24-8-10-25(43)11-9-24/h8-11,20-21,28,31-33,43,45H,12-19,22-23H2,1-7H3,(H,41,46)/t28-,31?,32+,33-,36-,37+,38+,39-,40-/m1/s1. The Morgan fingerprint density at radius 3 is 2.38 bits per heavy atom. The van der Waals surface area contributed by atoms with Crippen molar-refractivity contribution in [1.82, 2.24) is 10.5 Å². The number of carbonyl (C=O) groups excluding carboxylic acids is 2. The molecule has 4 fully saturated rings. The molecular formula is C40H54N2O5. The summed E-state index contributed by atoms with van der Waals surface area (Å²) in [5, 5.41) is 28.0. The van der Waals surface area contributed by atoms with Gasteiger partial charge < -0.3 is 20.1 Å². The van der Waals surface area contributed by atoms with Gasteiger partial charge in [-0.1, -0.05) is 59.2 Å². The van der Waals surface area contributed by atoms with Gasteiger partial charge in [0.25, 0.3) is 0 Å². The number of fused-ring (bicyclic) bond motifs is 7. The van der Waals surface area contributed by atoms with Crippen LogP contribution < -0.4 is 5.32 Å². The van der Waals surface area contributed by atoms with Crippen molar-refractivity contribution in [1.29, 1.82) is 0 Å². The van der Waals surface area contributed by atoms with Crippen LogP contribution in [0.1, 0.15) is 112 Å². The Hall–Kier alpha value is -2.93. The van der Waals surface area contributed by atoms with E-state index in [1.807, 2.05) is 6.07 Å². The van der Waals surface area contributed by atoms with E-state index in [4.69, 9.17) is 4.52 Å². The van der Waals surface area contributed by atoms with Crippen LogP contribution in [0.2, 0.25) is 0 Å². The number of rotatable bonds is 4. The van der Waals surface area contributed by atoms with Crippen molar-refractivity contribution in [3.63, 3.8) is 0 Å². The van der Waals surface area contributed by atoms with E-state index in [-0.39, 0.29) is 69.0 Å². The smallest absolute Gasteiger partial charge is 0.226 e. The maximum absolute atomic E-state index is 14.6. The van der Waals surface area contributed by atoms with Gasteiger partial charge in [-0.15, -0.1) is 0 Å². The van der Waals surface area contributed by atoms with E-state index in [9.17, 15) is 19.8 Å². The lowest BCUT2D eigenvalue weighted by Gasteiger charge is -2.70. The summed E-state index contributed by atoms with van der Waals surface area (Å²) in [6, 6.07) is 8.63. The molecule has 7 heteroatoms. The number of aromatic nitrogens is 1. The number of nitrogens with one attached hydrogen (secondary N) is 1. The summed E-state index contributed by atoms with van der Waals surface area (Å²) in [5.74, 6) is 1.53. The summed E-state index contributed by atoms with van der Waals surface area (Å²) in [6.07, 6.45) is 10.2. The summed E-state index contributed by atoms with van der Waals surface area (Å²) in [4.78, 5) is 28.6. The first-order valence-electron chi connectivity index (χ1n) is 17.9. The van der Waals surface area contributed by atoms with Crippen LogP contribution in [-0.2, 0) is 16.1 Å². The number of aliphatic hydroxyl groups is 1. The lowest BCUT2D eigenvalue weighted by molar-refractivity contribution is -0.202. The van der Waals surface area contributed by atoms with Crippen molar-refractivity contribution < 1.29 is 24.3 Å². The zero-order valence-corrected chi connectivity index (χ0v) is 29.4. The SMILES string of the molecule is CC1(C)C2CC[C@]3(C)[C@H](C(=O)C=C4[C@H]5C[C@@](C)(C(=O)NCc6cc(-c7ccc(O)cc7)no6)CC[C@]5(C)CC[C@]43C)[C@@]2(C)CC[C@@H]1O. The first kappa shape index (κ1) is 32.6. The van der Waals surface area contributed by atoms with E-state index < -0.39 is 5.41 Å². The molecule has 2 aromatic rings. The van der Waals surface area contributed by atoms with Crippen molar-refractivity contribution >= 4 is 11.7 Å². The molecule has 5 aliphatic rings. The Bertz CT molecular complexity index is 1620. The second-order valence-electron chi connectivity index (χ2n) is 18.0. The largest absolute Gasteiger partial charge is 0.508 e. The number of aromatic hydroxyl groups is 1. The van der Waals surface area contributed by atoms with E-state index in [1.165, 1.54) is 5.57 Å². The van der Waals surface area contributed by atoms with Gasteiger partial charge in [0.15, 0.2) is 11.5 Å². The molecular weight excluding hydrogens is 588 g/mol. The number of phenols is 1. The van der Waals surface area contributed by atoms with Gasteiger partial charge in [0, 0.05) is 23.0 Å². The predicted octanol–water partition coefficient (Wildman–Crippen LogP) is 8.01. The Kier molecular flexibility index (Phi) is 7.31. The lowest BCUT2D eigenvalue weighted by atomic mass is 9.33. The van der Waals surface area contributed by atoms with Crippen LogP contribution in [0.5, 0.6) is 5.75 Å². The Labute approximate surface area is 280 Å². The van der Waals surface area contributed by atoms with Gasteiger partial charge in [0.05, 0.1) is 12.6 Å². The summed E-state index contributed by atoms with van der Waals surface area (Å²) < 4.78 is 5.56. The van der Waals surface area contributed by atoms with Crippen molar-refractivity contribution in [2.45, 2.75) is 119 Å². The molecule has 1 aromatic heterocycles. The zero-order valence-electron chi connectivity index (χ0n) is 29.4. The van der Waals surface area contributed by atoms with Crippen LogP contribution in [0, 0.1) is 50.2 Å². The highest BCUT2D eigenvalue weighted by Crippen LogP contribution is 2.75. The average Bonchev–Trinajstić information content (AvgIpc) is 3.49. The van der Waals surface area contributed by atoms with Crippen molar-refractivity contribution in [2.24, 2.45) is 50.2 Å². The molecule has 47 heavy (non-hydrogen) atoms. The van der Waals surface area contributed by atoms with Crippen LogP contribution in [0.3, 0.4) is 0 Å². The van der Waals surface area contributed by atoms with Crippen LogP contribution in [0.25, 0.3) is 11.3 Å². The number of benzene rings is 1. The monoisotopic (exact) mass is 642 g/mol. The van der Waals surface area contributed by atoms with Crippen molar-refractivity contribution in [3.8, 4) is 17.0 Å². The fourth-order valence-electron chi connectivity index (χ4n) is 11.9. The number of amides is 1. The first-order valence-corrected chi connectivity index (χ1v) is 17.9. The molecule has 1 unspecified atom stereocenters. The molecule has 7 rings (SSSR count). The van der Waals surface area contributed by atoms with Crippen LogP contribution in [0.4, 0.5) is 0 Å². The maximum atomic E-state index is 14.6. The molecule has 3 N–H and O–H groups in total. The molecule has 5 aliphatic carbocycles. The molecule has 0 bridgehead atoms. The number of phenolic OH excluding ortho intramolecular Hbond substituents is 1. The molecule has 4 saturated carbocycles. The second-order valence-corrected chi connectivity index (χ2v) is 18.0. The average molecular weight is 643 g/mol. The molecule has 254 valence electrons. The fourth-order valence-corrected chi connectivity index (χ4v) is 11.9. The summed E-state index contributed by atoms with van der Waals surface area (Å²) >= 11 is 0. The fraction of sp³-hybridized carbons (Fsp3) is 0.675. The summed E-state index contributed by atoms with van der Waals surface area (Å²) in [7, 11) is 0. The highest BCUT2D eigenvalue weighted by molar-refractivity contribution is 5.95. The molecule has 0 saturated heterocycles. The number of ketones is 1. The van der Waals surface area contributed by atoms with Gasteiger partial charge in [0.2, 0.25) is 5.91 Å². The normalized spacial score (nSPS) is 42.3. The highest BCUT2D eigenvalue weighted by atomic mass is 16.5. The van der Waals surface area contributed by atoms with Gasteiger partial charge >= 0.3 is 0 Å². The van der Waals surface area contributed by atoms with E-state index in [0.29, 0.717) is 17.4 Å². The maximum Gasteiger partial charge on any atom is 0.226 e. The molecule has 0 aliphatic heterocycles. The number of carbonyl (C=O) groups is 2. The van der Waals surface area contributed by atoms with Gasteiger partial charge in [0.1, 0.15) is 11.4 Å². The molecule has 0 spiro atoms. The molecule has 1 heterocycles. The highest BCUT2D eigenvalue weighted by Gasteiger charge is 2.70. The minimum Gasteiger partial charge on any atom is -0.508 e. The quantitative estimate of drug-likeness (QED) is 0.312. The number of hydrogen-bond donors (Lipinski definition) is 3. The van der Waals surface area contributed by atoms with E-state index in [2.05, 4.69) is 65.0 Å². The van der Waals surface area contributed by atoms with Crippen molar-refractivity contribution in [2.75, 3.05) is 0 Å². The molecule has 0 radical (unpaired) electrons. The zero-order chi connectivity index (χ0) is 33.8. The minimum atomic E-state index is -0.558. The number of allylic oxidation sites excluding steroid dienone is 2. The summed E-state index contributed by atoms with van der Waals surface area (Å²) in [6.45, 7) is 16.4. The van der Waals surface area contributed by atoms with Gasteiger partial charge in [-0.3, -0.25) is 9.59 Å². The number of hydrogen-bond acceptors (Lipinski definition) is 6. The third-order valence-electron chi connectivity index (χ3n) is 15.2. The van der Waals surface area contributed by atoms with Gasteiger partial charge in [-0.25, -0.2) is 0 Å². The number of aliphatic hydroxyl groups excluding tert-OH is 1. The molecule has 1 amide bonds. The lowest BCUT2D eigenvalue weighted by Crippen LogP contribution is -2.66. The topological polar surface area (TPSA) is 113 Å². The minimum absolute atomic E-state index is 0.0252. The van der Waals surface area contributed by atoms with Crippen molar-refractivity contribution in [3.05, 3.63) is 47.7 Å². The Balaban J connectivity index is 1.14. The Morgan fingerprint density at radius 1 is 0.957 bits per heavy atom. The number of nitrogens with zero attached hydrogens (tertiary/aromatic N) is 1. The van der Waals surface area contributed by atoms with Crippen LogP contribution >= 0.6 is 0 Å². The third kappa shape index (κ3) is 4.64. The van der Waals surface area contributed by atoms with E-state index >= 15 is 0 Å². The first-order chi connectivity index (χ1) is 22.0.